The Labute approximate surface area is 482 Å². The smallest absolute Gasteiger partial charge is 0.306 e. The molecule has 0 aliphatic heterocycles. The minimum absolute atomic E-state index is 0.0891. The molecule has 0 N–H and O–H groups in total. The van der Waals surface area contributed by atoms with Gasteiger partial charge in [-0.05, 0) is 122 Å². The van der Waals surface area contributed by atoms with Gasteiger partial charge in [-0.25, -0.2) is 0 Å². The molecule has 0 spiro atoms. The molecule has 446 valence electrons. The molecule has 0 aliphatic rings. The standard InChI is InChI=1S/C72H122O6/c1-4-7-10-13-16-19-22-25-27-29-31-32-33-34-35-36-37-38-39-40-41-43-44-47-50-53-56-59-62-65-71(74)77-68-69(67-76-70(73)64-61-58-55-52-49-46-24-21-18-15-12-9-6-3)78-72(75)66-63-60-57-54-51-48-45-42-30-28-26-23-20-17-14-11-8-5-2/h7,9-10,12,16,18-19,21,25,27-28,30-32,34-35,46,49,69H,4-6,8,11,13-15,17,20,22-24,26,29,33,36-45,47-48,50-68H2,1-3H3/b10-7-,12-9-,19-16-,21-18-,27-25-,30-28-,32-31-,35-34-,49-46-. The van der Waals surface area contributed by atoms with Crippen LogP contribution in [0.15, 0.2) is 109 Å². The van der Waals surface area contributed by atoms with Crippen LogP contribution in [-0.2, 0) is 28.6 Å². The highest BCUT2D eigenvalue weighted by atomic mass is 16.6. The second kappa shape index (κ2) is 65.6. The highest BCUT2D eigenvalue weighted by Crippen LogP contribution is 2.16. The normalized spacial score (nSPS) is 12.8. The Morgan fingerprint density at radius 3 is 0.808 bits per heavy atom. The number of esters is 3. The first-order valence-corrected chi connectivity index (χ1v) is 32.9. The van der Waals surface area contributed by atoms with E-state index in [1.807, 2.05) is 0 Å². The largest absolute Gasteiger partial charge is 0.462 e. The summed E-state index contributed by atoms with van der Waals surface area (Å²) in [6.07, 6.45) is 89.6. The van der Waals surface area contributed by atoms with E-state index in [2.05, 4.69) is 130 Å². The fourth-order valence-corrected chi connectivity index (χ4v) is 9.13. The molecule has 78 heavy (non-hydrogen) atoms. The van der Waals surface area contributed by atoms with Crippen LogP contribution in [-0.4, -0.2) is 37.2 Å². The molecule has 0 rings (SSSR count). The van der Waals surface area contributed by atoms with Gasteiger partial charge < -0.3 is 14.2 Å². The van der Waals surface area contributed by atoms with Crippen LogP contribution in [0.2, 0.25) is 0 Å². The average Bonchev–Trinajstić information content (AvgIpc) is 3.44. The SMILES string of the molecule is CC/C=C\C/C=C\C/C=C\C/C=C\C/C=C\CCCCCCCCCCCCCCCC(=O)OCC(COC(=O)CCCCC/C=C\C/C=C\C/C=C\CC)OC(=O)CCCCCCCCC/C=C\CCCCCCCCC. The zero-order valence-corrected chi connectivity index (χ0v) is 51.2. The summed E-state index contributed by atoms with van der Waals surface area (Å²) in [7, 11) is 0. The number of unbranched alkanes of at least 4 members (excludes halogenated alkanes) is 30. The molecule has 0 fully saturated rings. The van der Waals surface area contributed by atoms with E-state index in [0.717, 1.165) is 116 Å². The van der Waals surface area contributed by atoms with Crippen LogP contribution in [0.5, 0.6) is 0 Å². The Hall–Kier alpha value is -3.93. The van der Waals surface area contributed by atoms with E-state index in [9.17, 15) is 14.4 Å². The zero-order chi connectivity index (χ0) is 56.4. The van der Waals surface area contributed by atoms with Crippen LogP contribution in [0.1, 0.15) is 310 Å². The van der Waals surface area contributed by atoms with Crippen molar-refractivity contribution < 1.29 is 28.6 Å². The summed E-state index contributed by atoms with van der Waals surface area (Å²) in [5.74, 6) is -0.916. The van der Waals surface area contributed by atoms with Gasteiger partial charge in [0.15, 0.2) is 6.10 Å². The third kappa shape index (κ3) is 62.9. The van der Waals surface area contributed by atoms with Gasteiger partial charge in [0.25, 0.3) is 0 Å². The van der Waals surface area contributed by atoms with Crippen molar-refractivity contribution in [1.82, 2.24) is 0 Å². The maximum absolute atomic E-state index is 12.9. The summed E-state index contributed by atoms with van der Waals surface area (Å²) < 4.78 is 16.9. The fourth-order valence-electron chi connectivity index (χ4n) is 9.13. The van der Waals surface area contributed by atoms with Gasteiger partial charge in [0, 0.05) is 19.3 Å². The van der Waals surface area contributed by atoms with Crippen molar-refractivity contribution in [1.29, 1.82) is 0 Å². The number of carbonyl (C=O) groups is 3. The molecule has 0 aromatic rings. The molecule has 1 unspecified atom stereocenters. The number of hydrogen-bond acceptors (Lipinski definition) is 6. The first-order chi connectivity index (χ1) is 38.5. The molecular formula is C72H122O6. The van der Waals surface area contributed by atoms with Gasteiger partial charge in [-0.15, -0.1) is 0 Å². The van der Waals surface area contributed by atoms with Gasteiger partial charge >= 0.3 is 17.9 Å². The summed E-state index contributed by atoms with van der Waals surface area (Å²) in [4.78, 5) is 38.3. The lowest BCUT2D eigenvalue weighted by molar-refractivity contribution is -0.167. The Morgan fingerprint density at radius 2 is 0.500 bits per heavy atom. The lowest BCUT2D eigenvalue weighted by Crippen LogP contribution is -2.30. The Bertz CT molecular complexity index is 1570. The van der Waals surface area contributed by atoms with E-state index in [1.165, 1.54) is 154 Å². The first-order valence-electron chi connectivity index (χ1n) is 32.9. The van der Waals surface area contributed by atoms with E-state index in [-0.39, 0.29) is 31.1 Å². The maximum atomic E-state index is 12.9. The minimum Gasteiger partial charge on any atom is -0.462 e. The van der Waals surface area contributed by atoms with E-state index in [4.69, 9.17) is 14.2 Å². The quantitative estimate of drug-likeness (QED) is 0.0261. The molecule has 0 aromatic heterocycles. The van der Waals surface area contributed by atoms with Crippen LogP contribution < -0.4 is 0 Å². The Kier molecular flexibility index (Phi) is 62.3. The third-order valence-corrected chi connectivity index (χ3v) is 14.0. The number of ether oxygens (including phenoxy) is 3. The summed E-state index contributed by atoms with van der Waals surface area (Å²) >= 11 is 0. The monoisotopic (exact) mass is 1080 g/mol. The van der Waals surface area contributed by atoms with Crippen molar-refractivity contribution in [2.45, 2.75) is 316 Å². The lowest BCUT2D eigenvalue weighted by Gasteiger charge is -2.18. The van der Waals surface area contributed by atoms with Gasteiger partial charge in [0.2, 0.25) is 0 Å². The predicted octanol–water partition coefficient (Wildman–Crippen LogP) is 22.6. The topological polar surface area (TPSA) is 78.9 Å². The molecule has 0 aromatic carbocycles. The highest BCUT2D eigenvalue weighted by Gasteiger charge is 2.19. The fraction of sp³-hybridized carbons (Fsp3) is 0.708. The molecular weight excluding hydrogens is 961 g/mol. The maximum Gasteiger partial charge on any atom is 0.306 e. The average molecular weight is 1080 g/mol. The molecule has 0 radical (unpaired) electrons. The highest BCUT2D eigenvalue weighted by molar-refractivity contribution is 5.71. The van der Waals surface area contributed by atoms with Gasteiger partial charge in [-0.1, -0.05) is 278 Å². The van der Waals surface area contributed by atoms with Crippen LogP contribution in [0.3, 0.4) is 0 Å². The number of hydrogen-bond donors (Lipinski definition) is 0. The van der Waals surface area contributed by atoms with E-state index in [1.54, 1.807) is 0 Å². The van der Waals surface area contributed by atoms with Crippen LogP contribution in [0, 0.1) is 0 Å². The van der Waals surface area contributed by atoms with Gasteiger partial charge in [0.1, 0.15) is 13.2 Å². The molecule has 6 heteroatoms. The van der Waals surface area contributed by atoms with Gasteiger partial charge in [0.05, 0.1) is 0 Å². The minimum atomic E-state index is -0.794. The van der Waals surface area contributed by atoms with E-state index >= 15 is 0 Å². The molecule has 0 bridgehead atoms. The van der Waals surface area contributed by atoms with Gasteiger partial charge in [-0.2, -0.15) is 0 Å². The molecule has 1 atom stereocenters. The summed E-state index contributed by atoms with van der Waals surface area (Å²) in [5, 5.41) is 0. The van der Waals surface area contributed by atoms with Crippen molar-refractivity contribution >= 4 is 17.9 Å². The summed E-state index contributed by atoms with van der Waals surface area (Å²) in [6.45, 7) is 6.40. The van der Waals surface area contributed by atoms with Crippen LogP contribution >= 0.6 is 0 Å². The Balaban J connectivity index is 4.28. The molecule has 0 aliphatic carbocycles. The van der Waals surface area contributed by atoms with Crippen LogP contribution in [0.25, 0.3) is 0 Å². The predicted molar refractivity (Wildman–Crippen MR) is 339 cm³/mol. The Morgan fingerprint density at radius 1 is 0.269 bits per heavy atom. The number of carbonyl (C=O) groups excluding carboxylic acids is 3. The summed E-state index contributed by atoms with van der Waals surface area (Å²) in [6, 6.07) is 0. The lowest BCUT2D eigenvalue weighted by atomic mass is 10.0. The molecule has 0 amide bonds. The van der Waals surface area contributed by atoms with Gasteiger partial charge in [-0.3, -0.25) is 14.4 Å². The molecule has 0 saturated carbocycles. The third-order valence-electron chi connectivity index (χ3n) is 14.0. The molecule has 0 saturated heterocycles. The first kappa shape index (κ1) is 74.1. The zero-order valence-electron chi connectivity index (χ0n) is 51.2. The van der Waals surface area contributed by atoms with E-state index in [0.29, 0.717) is 19.3 Å². The second-order valence-corrected chi connectivity index (χ2v) is 21.6. The van der Waals surface area contributed by atoms with Crippen molar-refractivity contribution in [3.8, 4) is 0 Å². The summed E-state index contributed by atoms with van der Waals surface area (Å²) in [5.41, 5.74) is 0. The molecule has 6 nitrogen and oxygen atoms in total. The molecule has 0 heterocycles. The van der Waals surface area contributed by atoms with E-state index < -0.39 is 6.10 Å². The van der Waals surface area contributed by atoms with Crippen molar-refractivity contribution in [3.05, 3.63) is 109 Å². The van der Waals surface area contributed by atoms with Crippen molar-refractivity contribution in [2.75, 3.05) is 13.2 Å². The van der Waals surface area contributed by atoms with Crippen LogP contribution in [0.4, 0.5) is 0 Å². The number of rotatable bonds is 59. The second-order valence-electron chi connectivity index (χ2n) is 21.6. The van der Waals surface area contributed by atoms with Crippen molar-refractivity contribution in [2.24, 2.45) is 0 Å². The number of allylic oxidation sites excluding steroid dienone is 18. The van der Waals surface area contributed by atoms with Crippen molar-refractivity contribution in [3.63, 3.8) is 0 Å².